The fraction of sp³-hybridized carbons (Fsp3) is 0.0588. The first-order valence-corrected chi connectivity index (χ1v) is 6.67. The summed E-state index contributed by atoms with van der Waals surface area (Å²) in [6.45, 7) is 0.0684. The van der Waals surface area contributed by atoms with E-state index >= 15 is 0 Å². The number of nitro groups is 1. The number of carbonyl (C=O) groups excluding carboxylic acids is 1. The Balaban J connectivity index is 2.07. The SMILES string of the molecule is N#CC(=Cc1ccc([N+](=O)[O-])cc1)C(=O)OCc1ccccc1. The van der Waals surface area contributed by atoms with Crippen LogP contribution in [0.3, 0.4) is 0 Å². The highest BCUT2D eigenvalue weighted by Gasteiger charge is 2.11. The van der Waals surface area contributed by atoms with Crippen molar-refractivity contribution in [3.63, 3.8) is 0 Å². The Bertz CT molecular complexity index is 774. The molecule has 0 radical (unpaired) electrons. The molecule has 0 atom stereocenters. The summed E-state index contributed by atoms with van der Waals surface area (Å²) in [6.07, 6.45) is 1.33. The number of nitro benzene ring substituents is 1. The molecule has 2 aromatic rings. The van der Waals surface area contributed by atoms with Crippen LogP contribution in [0.2, 0.25) is 0 Å². The molecule has 6 nitrogen and oxygen atoms in total. The predicted octanol–water partition coefficient (Wildman–Crippen LogP) is 3.25. The van der Waals surface area contributed by atoms with Crippen molar-refractivity contribution in [2.24, 2.45) is 0 Å². The lowest BCUT2D eigenvalue weighted by atomic mass is 10.1. The Morgan fingerprint density at radius 2 is 1.83 bits per heavy atom. The molecule has 0 fully saturated rings. The molecule has 0 bridgehead atoms. The summed E-state index contributed by atoms with van der Waals surface area (Å²) in [5.41, 5.74) is 1.08. The number of benzene rings is 2. The molecule has 0 aliphatic heterocycles. The number of ether oxygens (including phenoxy) is 1. The molecule has 0 aromatic heterocycles. The van der Waals surface area contributed by atoms with Gasteiger partial charge < -0.3 is 4.74 Å². The van der Waals surface area contributed by atoms with E-state index in [0.29, 0.717) is 5.56 Å². The first-order valence-electron chi connectivity index (χ1n) is 6.67. The van der Waals surface area contributed by atoms with E-state index < -0.39 is 10.9 Å². The van der Waals surface area contributed by atoms with Crippen molar-refractivity contribution >= 4 is 17.7 Å². The summed E-state index contributed by atoms with van der Waals surface area (Å²) in [5, 5.41) is 19.7. The van der Waals surface area contributed by atoms with Crippen molar-refractivity contribution in [2.75, 3.05) is 0 Å². The van der Waals surface area contributed by atoms with Crippen LogP contribution in [0.5, 0.6) is 0 Å². The highest BCUT2D eigenvalue weighted by molar-refractivity contribution is 5.97. The average Bonchev–Trinajstić information content (AvgIpc) is 2.59. The van der Waals surface area contributed by atoms with Gasteiger partial charge in [-0.15, -0.1) is 0 Å². The topological polar surface area (TPSA) is 93.2 Å². The fourth-order valence-electron chi connectivity index (χ4n) is 1.80. The highest BCUT2D eigenvalue weighted by Crippen LogP contribution is 2.15. The second kappa shape index (κ2) is 7.52. The Kier molecular flexibility index (Phi) is 5.21. The van der Waals surface area contributed by atoms with Gasteiger partial charge in [-0.05, 0) is 29.3 Å². The van der Waals surface area contributed by atoms with Crippen LogP contribution in [-0.2, 0) is 16.1 Å². The van der Waals surface area contributed by atoms with E-state index in [1.807, 2.05) is 18.2 Å². The highest BCUT2D eigenvalue weighted by atomic mass is 16.6. The lowest BCUT2D eigenvalue weighted by molar-refractivity contribution is -0.384. The van der Waals surface area contributed by atoms with E-state index in [1.54, 1.807) is 18.2 Å². The summed E-state index contributed by atoms with van der Waals surface area (Å²) < 4.78 is 5.08. The van der Waals surface area contributed by atoms with E-state index in [0.717, 1.165) is 5.56 Å². The van der Waals surface area contributed by atoms with Crippen LogP contribution < -0.4 is 0 Å². The van der Waals surface area contributed by atoms with Crippen LogP contribution in [0, 0.1) is 21.4 Å². The zero-order valence-electron chi connectivity index (χ0n) is 12.0. The maximum Gasteiger partial charge on any atom is 0.349 e. The minimum atomic E-state index is -0.741. The molecule has 0 saturated heterocycles. The number of hydrogen-bond acceptors (Lipinski definition) is 5. The van der Waals surface area contributed by atoms with Crippen LogP contribution in [0.4, 0.5) is 5.69 Å². The third-order valence-electron chi connectivity index (χ3n) is 2.97. The fourth-order valence-corrected chi connectivity index (χ4v) is 1.80. The van der Waals surface area contributed by atoms with Gasteiger partial charge in [0.25, 0.3) is 5.69 Å². The van der Waals surface area contributed by atoms with Gasteiger partial charge in [0, 0.05) is 12.1 Å². The molecular weight excluding hydrogens is 296 g/mol. The van der Waals surface area contributed by atoms with Crippen molar-refractivity contribution in [2.45, 2.75) is 6.61 Å². The lowest BCUT2D eigenvalue weighted by Gasteiger charge is -2.04. The zero-order valence-corrected chi connectivity index (χ0v) is 12.0. The number of carbonyl (C=O) groups is 1. The molecule has 2 rings (SSSR count). The molecule has 0 unspecified atom stereocenters. The maximum atomic E-state index is 11.9. The van der Waals surface area contributed by atoms with Crippen LogP contribution in [-0.4, -0.2) is 10.9 Å². The van der Waals surface area contributed by atoms with Gasteiger partial charge >= 0.3 is 5.97 Å². The first kappa shape index (κ1) is 15.9. The van der Waals surface area contributed by atoms with Gasteiger partial charge in [-0.1, -0.05) is 30.3 Å². The molecular formula is C17H12N2O4. The summed E-state index contributed by atoms with van der Waals surface area (Å²) in [5.74, 6) is -0.741. The molecule has 0 aliphatic carbocycles. The van der Waals surface area contributed by atoms with E-state index in [1.165, 1.54) is 30.3 Å². The van der Waals surface area contributed by atoms with Crippen LogP contribution >= 0.6 is 0 Å². The first-order chi connectivity index (χ1) is 11.1. The molecule has 2 aromatic carbocycles. The second-order valence-electron chi connectivity index (χ2n) is 4.58. The zero-order chi connectivity index (χ0) is 16.7. The van der Waals surface area contributed by atoms with Gasteiger partial charge in [0.2, 0.25) is 0 Å². The lowest BCUT2D eigenvalue weighted by Crippen LogP contribution is -2.06. The minimum Gasteiger partial charge on any atom is -0.457 e. The monoisotopic (exact) mass is 308 g/mol. The number of rotatable bonds is 5. The number of nitrogens with zero attached hydrogens (tertiary/aromatic N) is 2. The molecule has 114 valence electrons. The van der Waals surface area contributed by atoms with Crippen LogP contribution in [0.15, 0.2) is 60.2 Å². The molecule has 0 aliphatic rings. The summed E-state index contributed by atoms with van der Waals surface area (Å²) in [6, 6.07) is 16.4. The van der Waals surface area contributed by atoms with Crippen molar-refractivity contribution in [3.8, 4) is 6.07 Å². The molecule has 0 saturated carbocycles. The predicted molar refractivity (Wildman–Crippen MR) is 82.9 cm³/mol. The van der Waals surface area contributed by atoms with Gasteiger partial charge in [-0.25, -0.2) is 4.79 Å². The smallest absolute Gasteiger partial charge is 0.349 e. The third-order valence-corrected chi connectivity index (χ3v) is 2.97. The van der Waals surface area contributed by atoms with Gasteiger partial charge in [0.15, 0.2) is 0 Å². The third kappa shape index (κ3) is 4.51. The average molecular weight is 308 g/mol. The number of hydrogen-bond donors (Lipinski definition) is 0. The minimum absolute atomic E-state index is 0.0627. The van der Waals surface area contributed by atoms with Gasteiger partial charge in [0.1, 0.15) is 18.2 Å². The van der Waals surface area contributed by atoms with Crippen molar-refractivity contribution in [3.05, 3.63) is 81.4 Å². The Hall–Kier alpha value is -3.46. The number of non-ortho nitro benzene ring substituents is 1. The summed E-state index contributed by atoms with van der Waals surface area (Å²) in [4.78, 5) is 22.0. The van der Waals surface area contributed by atoms with E-state index in [2.05, 4.69) is 0 Å². The second-order valence-corrected chi connectivity index (χ2v) is 4.58. The Labute approximate surface area is 132 Å². The van der Waals surface area contributed by atoms with Crippen molar-refractivity contribution in [1.82, 2.24) is 0 Å². The maximum absolute atomic E-state index is 11.9. The van der Waals surface area contributed by atoms with E-state index in [9.17, 15) is 14.9 Å². The molecule has 0 heterocycles. The van der Waals surface area contributed by atoms with Crippen LogP contribution in [0.25, 0.3) is 6.08 Å². The normalized spacial score (nSPS) is 10.7. The molecule has 0 amide bonds. The largest absolute Gasteiger partial charge is 0.457 e. The van der Waals surface area contributed by atoms with Gasteiger partial charge in [-0.3, -0.25) is 10.1 Å². The standard InChI is InChI=1S/C17H12N2O4/c18-11-15(10-13-6-8-16(9-7-13)19(21)22)17(20)23-12-14-4-2-1-3-5-14/h1-10H,12H2. The molecule has 23 heavy (non-hydrogen) atoms. The molecule has 6 heteroatoms. The van der Waals surface area contributed by atoms with Crippen molar-refractivity contribution in [1.29, 1.82) is 5.26 Å². The van der Waals surface area contributed by atoms with Gasteiger partial charge in [0.05, 0.1) is 4.92 Å². The van der Waals surface area contributed by atoms with E-state index in [4.69, 9.17) is 10.00 Å². The Morgan fingerprint density at radius 3 is 2.39 bits per heavy atom. The molecule has 0 N–H and O–H groups in total. The number of nitriles is 1. The quantitative estimate of drug-likeness (QED) is 0.278. The summed E-state index contributed by atoms with van der Waals surface area (Å²) in [7, 11) is 0. The molecule has 0 spiro atoms. The number of esters is 1. The van der Waals surface area contributed by atoms with Gasteiger partial charge in [-0.2, -0.15) is 5.26 Å². The van der Waals surface area contributed by atoms with Crippen molar-refractivity contribution < 1.29 is 14.5 Å². The summed E-state index contributed by atoms with van der Waals surface area (Å²) >= 11 is 0. The van der Waals surface area contributed by atoms with Crippen LogP contribution in [0.1, 0.15) is 11.1 Å². The van der Waals surface area contributed by atoms with E-state index in [-0.39, 0.29) is 17.9 Å². The Morgan fingerprint density at radius 1 is 1.17 bits per heavy atom.